The molecule has 0 radical (unpaired) electrons. The number of pyridine rings is 1. The first-order valence-corrected chi connectivity index (χ1v) is 15.4. The molecule has 0 spiro atoms. The fourth-order valence-electron chi connectivity index (χ4n) is 5.96. The molecule has 2 unspecified atom stereocenters. The number of nitrogens with one attached hydrogen (secondary N) is 1. The molecule has 1 saturated carbocycles. The van der Waals surface area contributed by atoms with Gasteiger partial charge in [0, 0.05) is 24.1 Å². The van der Waals surface area contributed by atoms with Crippen LogP contribution < -0.4 is 10.1 Å². The summed E-state index contributed by atoms with van der Waals surface area (Å²) in [4.78, 5) is 31.3. The minimum atomic E-state index is -3.89. The number of carbonyl (C=O) groups excluding carboxylic acids is 1. The second-order valence-corrected chi connectivity index (χ2v) is 14.0. The second kappa shape index (κ2) is 10.1. The van der Waals surface area contributed by atoms with Gasteiger partial charge in [-0.3, -0.25) is 5.32 Å². The van der Waals surface area contributed by atoms with Crippen LogP contribution in [0.2, 0.25) is 0 Å². The molecule has 2 aliphatic heterocycles. The zero-order valence-corrected chi connectivity index (χ0v) is 24.0. The first-order valence-electron chi connectivity index (χ1n) is 13.5. The van der Waals surface area contributed by atoms with E-state index in [0.717, 1.165) is 23.4 Å². The number of sulfonamides is 1. The average molecular weight is 573 g/mol. The molecule has 3 N–H and O–H groups in total. The van der Waals surface area contributed by atoms with E-state index in [-0.39, 0.29) is 24.0 Å². The van der Waals surface area contributed by atoms with Gasteiger partial charge in [0.15, 0.2) is 0 Å². The predicted molar refractivity (Wildman–Crippen MR) is 149 cm³/mol. The lowest BCUT2D eigenvalue weighted by molar-refractivity contribution is 0.0454. The van der Waals surface area contributed by atoms with Crippen LogP contribution in [0, 0.1) is 11.3 Å². The largest absolute Gasteiger partial charge is 0.507 e. The first-order chi connectivity index (χ1) is 18.8. The molecule has 1 aromatic carbocycles. The number of piperidine rings is 1. The minimum absolute atomic E-state index is 0.0465. The van der Waals surface area contributed by atoms with Crippen molar-refractivity contribution in [1.82, 2.24) is 14.2 Å². The number of carboxylic acid groups (broad SMARTS) is 1. The van der Waals surface area contributed by atoms with Crippen molar-refractivity contribution in [3.63, 3.8) is 0 Å². The number of carbonyl (C=O) groups is 2. The number of hydrogen-bond donors (Lipinski definition) is 3. The molecule has 2 fully saturated rings. The fourth-order valence-corrected chi connectivity index (χ4v) is 6.67. The Morgan fingerprint density at radius 3 is 2.58 bits per heavy atom. The van der Waals surface area contributed by atoms with Gasteiger partial charge in [0.05, 0.1) is 30.7 Å². The van der Waals surface area contributed by atoms with E-state index in [9.17, 15) is 28.2 Å². The summed E-state index contributed by atoms with van der Waals surface area (Å²) in [6, 6.07) is 5.52. The van der Waals surface area contributed by atoms with E-state index in [1.54, 1.807) is 18.2 Å². The molecule has 3 heterocycles. The highest BCUT2D eigenvalue weighted by atomic mass is 32.2. The molecule has 3 aliphatic rings. The number of aromatic hydroxyl groups is 1. The van der Waals surface area contributed by atoms with Gasteiger partial charge in [-0.05, 0) is 60.8 Å². The van der Waals surface area contributed by atoms with Gasteiger partial charge in [-0.25, -0.2) is 27.3 Å². The zero-order chi connectivity index (χ0) is 29.0. The summed E-state index contributed by atoms with van der Waals surface area (Å²) in [5.41, 5.74) is 1.46. The van der Waals surface area contributed by atoms with Gasteiger partial charge in [-0.15, -0.1) is 0 Å². The van der Waals surface area contributed by atoms with Crippen molar-refractivity contribution in [2.24, 2.45) is 11.3 Å². The number of anilines is 1. The Kier molecular flexibility index (Phi) is 7.10. The average Bonchev–Trinajstić information content (AvgIpc) is 3.69. The third-order valence-corrected chi connectivity index (χ3v) is 9.00. The highest BCUT2D eigenvalue weighted by molar-refractivity contribution is 7.88. The lowest BCUT2D eigenvalue weighted by Crippen LogP contribution is -2.53. The Morgan fingerprint density at radius 1 is 1.23 bits per heavy atom. The van der Waals surface area contributed by atoms with E-state index in [1.807, 2.05) is 20.8 Å². The van der Waals surface area contributed by atoms with Crippen molar-refractivity contribution < 1.29 is 33.0 Å². The number of fused-ring (bicyclic) bond motifs is 1. The van der Waals surface area contributed by atoms with Crippen molar-refractivity contribution in [2.45, 2.75) is 65.0 Å². The van der Waals surface area contributed by atoms with Gasteiger partial charge >= 0.3 is 12.1 Å². The molecule has 1 aliphatic carbocycles. The van der Waals surface area contributed by atoms with Gasteiger partial charge in [0.1, 0.15) is 17.3 Å². The van der Waals surface area contributed by atoms with E-state index in [1.165, 1.54) is 11.0 Å². The third-order valence-electron chi connectivity index (χ3n) is 7.91. The highest BCUT2D eigenvalue weighted by Crippen LogP contribution is 2.47. The summed E-state index contributed by atoms with van der Waals surface area (Å²) in [6.45, 7) is 6.62. The lowest BCUT2D eigenvalue weighted by atomic mass is 9.70. The quantitative estimate of drug-likeness (QED) is 0.446. The molecule has 1 aromatic heterocycles. The maximum atomic E-state index is 12.9. The summed E-state index contributed by atoms with van der Waals surface area (Å²) in [5.74, 6) is 0.746. The molecule has 5 rings (SSSR count). The Balaban J connectivity index is 1.71. The Bertz CT molecular complexity index is 1450. The SMILES string of the molecule is CC(C)(C)C1C(c2cc(-c3c(O)cccc3OCC3CC3)nc3c2CN(S(C)(=O)=O)C(=O)N3)CCCN1C(=O)O. The van der Waals surface area contributed by atoms with E-state index in [2.05, 4.69) is 10.3 Å². The standard InChI is InChI=1S/C28H36N4O7S/c1-28(2,3)24-17(7-6-12-31(24)27(35)36)18-13-20(23-21(33)8-5-9-22(23)39-15-16-10-11-16)29-25-19(18)14-32(26(34)30-25)40(4,37)38/h5,8-9,13,16-17,24,33H,6-7,10-12,14-15H2,1-4H3,(H,35,36)(H,29,30,34). The minimum Gasteiger partial charge on any atom is -0.507 e. The van der Waals surface area contributed by atoms with Crippen LogP contribution in [0.25, 0.3) is 11.3 Å². The highest BCUT2D eigenvalue weighted by Gasteiger charge is 2.44. The molecule has 1 saturated heterocycles. The number of aromatic nitrogens is 1. The number of nitrogens with zero attached hydrogens (tertiary/aromatic N) is 3. The molecular formula is C28H36N4O7S. The Labute approximate surface area is 234 Å². The number of phenolic OH excluding ortho intramolecular Hbond substituents is 1. The number of rotatable bonds is 6. The fraction of sp³-hybridized carbons (Fsp3) is 0.536. The van der Waals surface area contributed by atoms with Crippen LogP contribution >= 0.6 is 0 Å². The third kappa shape index (κ3) is 5.41. The molecular weight excluding hydrogens is 536 g/mol. The zero-order valence-electron chi connectivity index (χ0n) is 23.2. The maximum Gasteiger partial charge on any atom is 0.407 e. The number of likely N-dealkylation sites (tertiary alicyclic amines) is 1. The summed E-state index contributed by atoms with van der Waals surface area (Å²) < 4.78 is 31.8. The molecule has 2 aromatic rings. The van der Waals surface area contributed by atoms with Crippen molar-refractivity contribution in [3.05, 3.63) is 35.4 Å². The predicted octanol–water partition coefficient (Wildman–Crippen LogP) is 4.82. The number of ether oxygens (including phenoxy) is 1. The van der Waals surface area contributed by atoms with E-state index in [4.69, 9.17) is 4.74 Å². The molecule has 2 atom stereocenters. The molecule has 40 heavy (non-hydrogen) atoms. The molecule has 12 heteroatoms. The van der Waals surface area contributed by atoms with Crippen LogP contribution in [0.1, 0.15) is 63.5 Å². The first kappa shape index (κ1) is 28.0. The van der Waals surface area contributed by atoms with Gasteiger partial charge < -0.3 is 19.8 Å². The van der Waals surface area contributed by atoms with Crippen molar-refractivity contribution in [2.75, 3.05) is 24.7 Å². The van der Waals surface area contributed by atoms with Gasteiger partial charge in [-0.2, -0.15) is 0 Å². The molecule has 216 valence electrons. The maximum absolute atomic E-state index is 12.9. The smallest absolute Gasteiger partial charge is 0.407 e. The van der Waals surface area contributed by atoms with E-state index < -0.39 is 33.6 Å². The topological polar surface area (TPSA) is 149 Å². The van der Waals surface area contributed by atoms with Gasteiger partial charge in [0.25, 0.3) is 0 Å². The van der Waals surface area contributed by atoms with Crippen molar-refractivity contribution >= 4 is 28.0 Å². The van der Waals surface area contributed by atoms with E-state index in [0.29, 0.717) is 60.0 Å². The van der Waals surface area contributed by atoms with Crippen molar-refractivity contribution in [3.8, 4) is 22.8 Å². The van der Waals surface area contributed by atoms with Crippen LogP contribution in [-0.4, -0.2) is 70.4 Å². The number of amides is 3. The normalized spacial score (nSPS) is 21.6. The summed E-state index contributed by atoms with van der Waals surface area (Å²) in [5, 5.41) is 23.7. The van der Waals surface area contributed by atoms with Crippen LogP contribution in [0.4, 0.5) is 15.4 Å². The Morgan fingerprint density at radius 2 is 1.95 bits per heavy atom. The monoisotopic (exact) mass is 572 g/mol. The number of benzene rings is 1. The van der Waals surface area contributed by atoms with Crippen LogP contribution in [0.15, 0.2) is 24.3 Å². The lowest BCUT2D eigenvalue weighted by Gasteiger charge is -2.47. The summed E-state index contributed by atoms with van der Waals surface area (Å²) in [6.07, 6.45) is 3.40. The second-order valence-electron chi connectivity index (χ2n) is 12.1. The van der Waals surface area contributed by atoms with E-state index >= 15 is 0 Å². The summed E-state index contributed by atoms with van der Waals surface area (Å²) in [7, 11) is -3.89. The Hall–Kier alpha value is -3.54. The van der Waals surface area contributed by atoms with Crippen LogP contribution in [-0.2, 0) is 16.6 Å². The number of phenols is 1. The van der Waals surface area contributed by atoms with Gasteiger partial charge in [-0.1, -0.05) is 26.8 Å². The molecule has 3 amide bonds. The molecule has 11 nitrogen and oxygen atoms in total. The number of hydrogen-bond acceptors (Lipinski definition) is 7. The number of urea groups is 1. The van der Waals surface area contributed by atoms with Crippen LogP contribution in [0.3, 0.4) is 0 Å². The summed E-state index contributed by atoms with van der Waals surface area (Å²) >= 11 is 0. The molecule has 0 bridgehead atoms. The van der Waals surface area contributed by atoms with Crippen LogP contribution in [0.5, 0.6) is 11.5 Å². The van der Waals surface area contributed by atoms with Crippen molar-refractivity contribution in [1.29, 1.82) is 0 Å². The van der Waals surface area contributed by atoms with Gasteiger partial charge in [0.2, 0.25) is 10.0 Å².